The van der Waals surface area contributed by atoms with Crippen molar-refractivity contribution in [2.75, 3.05) is 0 Å². The lowest BCUT2D eigenvalue weighted by molar-refractivity contribution is -0.120. The summed E-state index contributed by atoms with van der Waals surface area (Å²) in [6.07, 6.45) is 0.168. The molecule has 4 rings (SSSR count). The van der Waals surface area contributed by atoms with Gasteiger partial charge in [-0.2, -0.15) is 5.10 Å². The number of hydrogen-bond donors (Lipinski definition) is 1. The first-order chi connectivity index (χ1) is 15.0. The maximum Gasteiger partial charge on any atom is 0.224 e. The molecule has 0 bridgehead atoms. The van der Waals surface area contributed by atoms with E-state index in [2.05, 4.69) is 5.32 Å². The zero-order valence-electron chi connectivity index (χ0n) is 17.0. The molecule has 0 atom stereocenters. The van der Waals surface area contributed by atoms with Crippen LogP contribution in [0.5, 0.6) is 0 Å². The number of nitrogens with one attached hydrogen (secondary N) is 1. The Kier molecular flexibility index (Phi) is 6.14. The lowest BCUT2D eigenvalue weighted by Gasteiger charge is -2.11. The summed E-state index contributed by atoms with van der Waals surface area (Å²) < 4.78 is 15.1. The number of halogens is 2. The molecule has 31 heavy (non-hydrogen) atoms. The first-order valence-electron chi connectivity index (χ1n) is 9.93. The van der Waals surface area contributed by atoms with Crippen LogP contribution in [-0.2, 0) is 17.8 Å². The molecule has 0 aliphatic rings. The highest BCUT2D eigenvalue weighted by Gasteiger charge is 2.20. The molecule has 1 N–H and O–H groups in total. The molecule has 0 radical (unpaired) electrons. The summed E-state index contributed by atoms with van der Waals surface area (Å²) in [7, 11) is 0. The highest BCUT2D eigenvalue weighted by molar-refractivity contribution is 6.31. The van der Waals surface area contributed by atoms with Gasteiger partial charge in [0, 0.05) is 22.7 Å². The van der Waals surface area contributed by atoms with Gasteiger partial charge in [0.25, 0.3) is 0 Å². The van der Waals surface area contributed by atoms with E-state index in [1.165, 1.54) is 12.1 Å². The average Bonchev–Trinajstić information content (AvgIpc) is 3.10. The molecule has 0 saturated heterocycles. The van der Waals surface area contributed by atoms with Crippen molar-refractivity contribution in [1.29, 1.82) is 0 Å². The van der Waals surface area contributed by atoms with Crippen LogP contribution in [0.15, 0.2) is 78.9 Å². The molecule has 6 heteroatoms. The van der Waals surface area contributed by atoms with Crippen LogP contribution in [0.2, 0.25) is 5.02 Å². The first-order valence-corrected chi connectivity index (χ1v) is 10.3. The van der Waals surface area contributed by atoms with Gasteiger partial charge < -0.3 is 5.32 Å². The largest absolute Gasteiger partial charge is 0.352 e. The SMILES string of the molecule is Cc1nn(-c2ccccc2)c(-c2ccccc2)c1CC(=O)NCc1ccc(F)cc1Cl. The molecule has 1 heterocycles. The van der Waals surface area contributed by atoms with Crippen LogP contribution in [-0.4, -0.2) is 15.7 Å². The Bertz CT molecular complexity index is 1210. The van der Waals surface area contributed by atoms with Crippen LogP contribution in [0.1, 0.15) is 16.8 Å². The normalized spacial score (nSPS) is 10.8. The van der Waals surface area contributed by atoms with Gasteiger partial charge in [-0.1, -0.05) is 66.2 Å². The summed E-state index contributed by atoms with van der Waals surface area (Å²) >= 11 is 6.07. The third kappa shape index (κ3) is 4.67. The lowest BCUT2D eigenvalue weighted by Crippen LogP contribution is -2.25. The quantitative estimate of drug-likeness (QED) is 0.436. The van der Waals surface area contributed by atoms with Crippen LogP contribution in [0.25, 0.3) is 16.9 Å². The van der Waals surface area contributed by atoms with E-state index >= 15 is 0 Å². The molecule has 0 spiro atoms. The number of carbonyl (C=O) groups is 1. The minimum absolute atomic E-state index is 0.159. The maximum absolute atomic E-state index is 13.2. The van der Waals surface area contributed by atoms with E-state index in [4.69, 9.17) is 16.7 Å². The molecule has 4 nitrogen and oxygen atoms in total. The van der Waals surface area contributed by atoms with Gasteiger partial charge in [0.05, 0.1) is 23.5 Å². The lowest BCUT2D eigenvalue weighted by atomic mass is 10.0. The van der Waals surface area contributed by atoms with E-state index in [0.717, 1.165) is 28.2 Å². The first kappa shape index (κ1) is 20.8. The van der Waals surface area contributed by atoms with Gasteiger partial charge >= 0.3 is 0 Å². The van der Waals surface area contributed by atoms with Crippen molar-refractivity contribution in [3.8, 4) is 16.9 Å². The Morgan fingerprint density at radius 1 is 1.03 bits per heavy atom. The highest BCUT2D eigenvalue weighted by Crippen LogP contribution is 2.29. The molecule has 4 aromatic rings. The number of aromatic nitrogens is 2. The Hall–Kier alpha value is -3.44. The van der Waals surface area contributed by atoms with Crippen LogP contribution in [0.3, 0.4) is 0 Å². The number of aryl methyl sites for hydroxylation is 1. The van der Waals surface area contributed by atoms with Crippen LogP contribution < -0.4 is 5.32 Å². The van der Waals surface area contributed by atoms with E-state index in [0.29, 0.717) is 10.6 Å². The van der Waals surface area contributed by atoms with Crippen molar-refractivity contribution in [1.82, 2.24) is 15.1 Å². The van der Waals surface area contributed by atoms with Crippen LogP contribution in [0.4, 0.5) is 4.39 Å². The molecule has 0 aliphatic carbocycles. The van der Waals surface area contributed by atoms with E-state index in [-0.39, 0.29) is 18.9 Å². The predicted molar refractivity (Wildman–Crippen MR) is 121 cm³/mol. The zero-order chi connectivity index (χ0) is 21.8. The van der Waals surface area contributed by atoms with E-state index in [9.17, 15) is 9.18 Å². The van der Waals surface area contributed by atoms with E-state index < -0.39 is 5.82 Å². The van der Waals surface area contributed by atoms with Crippen molar-refractivity contribution < 1.29 is 9.18 Å². The molecule has 3 aromatic carbocycles. The van der Waals surface area contributed by atoms with Crippen molar-refractivity contribution >= 4 is 17.5 Å². The summed E-state index contributed by atoms with van der Waals surface area (Å²) in [5.74, 6) is -0.565. The van der Waals surface area contributed by atoms with Crippen LogP contribution in [0, 0.1) is 12.7 Å². The molecule has 0 fully saturated rings. The molecular weight excluding hydrogens is 413 g/mol. The third-order valence-corrected chi connectivity index (χ3v) is 5.41. The number of nitrogens with zero attached hydrogens (tertiary/aromatic N) is 2. The second-order valence-electron chi connectivity index (χ2n) is 7.22. The molecule has 0 aliphatic heterocycles. The van der Waals surface area contributed by atoms with Crippen molar-refractivity contribution in [3.05, 3.63) is 107 Å². The Balaban J connectivity index is 1.63. The standard InChI is InChI=1S/C25H21ClFN3O/c1-17-22(15-24(31)28-16-19-12-13-20(27)14-23(19)26)25(18-8-4-2-5-9-18)30(29-17)21-10-6-3-7-11-21/h2-14H,15-16H2,1H3,(H,28,31). The molecule has 1 amide bonds. The van der Waals surface area contributed by atoms with E-state index in [1.54, 1.807) is 6.07 Å². The minimum Gasteiger partial charge on any atom is -0.352 e. The van der Waals surface area contributed by atoms with Gasteiger partial charge in [0.1, 0.15) is 5.82 Å². The topological polar surface area (TPSA) is 46.9 Å². The van der Waals surface area contributed by atoms with Gasteiger partial charge in [-0.3, -0.25) is 4.79 Å². The molecule has 0 saturated carbocycles. The molecular formula is C25H21ClFN3O. The highest BCUT2D eigenvalue weighted by atomic mass is 35.5. The third-order valence-electron chi connectivity index (χ3n) is 5.06. The Labute approximate surface area is 185 Å². The van der Waals surface area contributed by atoms with Gasteiger partial charge in [0.15, 0.2) is 0 Å². The maximum atomic E-state index is 13.2. The minimum atomic E-state index is -0.406. The predicted octanol–water partition coefficient (Wildman–Crippen LogP) is 5.50. The average molecular weight is 434 g/mol. The Morgan fingerprint density at radius 2 is 1.71 bits per heavy atom. The second kappa shape index (κ2) is 9.14. The summed E-state index contributed by atoms with van der Waals surface area (Å²) in [5.41, 5.74) is 5.11. The summed E-state index contributed by atoms with van der Waals surface area (Å²) in [4.78, 5) is 12.8. The monoisotopic (exact) mass is 433 g/mol. The summed E-state index contributed by atoms with van der Waals surface area (Å²) in [6, 6.07) is 23.9. The summed E-state index contributed by atoms with van der Waals surface area (Å²) in [6.45, 7) is 2.13. The fourth-order valence-electron chi connectivity index (χ4n) is 3.50. The van der Waals surface area contributed by atoms with Crippen molar-refractivity contribution in [2.24, 2.45) is 0 Å². The van der Waals surface area contributed by atoms with Gasteiger partial charge in [0.2, 0.25) is 5.91 Å². The fraction of sp³-hybridized carbons (Fsp3) is 0.120. The summed E-state index contributed by atoms with van der Waals surface area (Å²) in [5, 5.41) is 7.90. The molecule has 1 aromatic heterocycles. The fourth-order valence-corrected chi connectivity index (χ4v) is 3.74. The smallest absolute Gasteiger partial charge is 0.224 e. The van der Waals surface area contributed by atoms with Crippen LogP contribution >= 0.6 is 11.6 Å². The molecule has 156 valence electrons. The van der Waals surface area contributed by atoms with E-state index in [1.807, 2.05) is 72.3 Å². The number of carbonyl (C=O) groups excluding carboxylic acids is 1. The van der Waals surface area contributed by atoms with Gasteiger partial charge in [-0.05, 0) is 36.8 Å². The van der Waals surface area contributed by atoms with Crippen molar-refractivity contribution in [2.45, 2.75) is 19.9 Å². The zero-order valence-corrected chi connectivity index (χ0v) is 17.7. The number of rotatable bonds is 6. The number of hydrogen-bond acceptors (Lipinski definition) is 2. The van der Waals surface area contributed by atoms with Gasteiger partial charge in [-0.25, -0.2) is 9.07 Å². The number of benzene rings is 3. The molecule has 0 unspecified atom stereocenters. The second-order valence-corrected chi connectivity index (χ2v) is 7.62. The van der Waals surface area contributed by atoms with Gasteiger partial charge in [-0.15, -0.1) is 0 Å². The Morgan fingerprint density at radius 3 is 2.39 bits per heavy atom. The van der Waals surface area contributed by atoms with Crippen molar-refractivity contribution in [3.63, 3.8) is 0 Å². The number of para-hydroxylation sites is 1. The number of amides is 1.